The Morgan fingerprint density at radius 2 is 2.16 bits per heavy atom. The molecule has 4 nitrogen and oxygen atoms in total. The second-order valence-corrected chi connectivity index (χ2v) is 8.65. The van der Waals surface area contributed by atoms with Crippen molar-refractivity contribution >= 4 is 5.78 Å². The molecule has 134 valence electrons. The number of hydrogen-bond donors (Lipinski definition) is 1. The molecular formula is C21H27NO3. The number of Topliss-reactive ketones (excluding diaryl/α,β-unsaturated/α-hetero) is 1. The van der Waals surface area contributed by atoms with Crippen LogP contribution < -0.4 is 4.74 Å². The average Bonchev–Trinajstić information content (AvgIpc) is 3.42. The number of fused-ring (bicyclic) bond motifs is 1. The van der Waals surface area contributed by atoms with Crippen molar-refractivity contribution in [2.75, 3.05) is 20.2 Å². The maximum atomic E-state index is 12.4. The summed E-state index contributed by atoms with van der Waals surface area (Å²) in [5.41, 5.74) is 1.26. The molecule has 0 amide bonds. The Bertz CT molecular complexity index is 728. The van der Waals surface area contributed by atoms with Gasteiger partial charge in [0.25, 0.3) is 0 Å². The third-order valence-electron chi connectivity index (χ3n) is 7.37. The first-order valence-corrected chi connectivity index (χ1v) is 9.71. The van der Waals surface area contributed by atoms with E-state index in [1.807, 2.05) is 6.07 Å². The predicted molar refractivity (Wildman–Crippen MR) is 94.9 cm³/mol. The first-order chi connectivity index (χ1) is 12.1. The number of benzene rings is 1. The summed E-state index contributed by atoms with van der Waals surface area (Å²) in [7, 11) is 1.68. The number of aliphatic hydroxyl groups is 1. The molecule has 4 aliphatic rings. The van der Waals surface area contributed by atoms with Gasteiger partial charge in [-0.05, 0) is 67.8 Å². The van der Waals surface area contributed by atoms with Gasteiger partial charge in [0.2, 0.25) is 0 Å². The molecule has 2 bridgehead atoms. The first kappa shape index (κ1) is 15.8. The highest BCUT2D eigenvalue weighted by molar-refractivity contribution is 5.82. The molecule has 1 saturated heterocycles. The van der Waals surface area contributed by atoms with Crippen LogP contribution in [-0.4, -0.2) is 47.6 Å². The molecule has 5 rings (SSSR count). The first-order valence-electron chi connectivity index (χ1n) is 9.71. The van der Waals surface area contributed by atoms with E-state index in [4.69, 9.17) is 4.74 Å². The van der Waals surface area contributed by atoms with E-state index in [2.05, 4.69) is 17.0 Å². The summed E-state index contributed by atoms with van der Waals surface area (Å²) in [6.07, 6.45) is 6.03. The molecule has 0 unspecified atom stereocenters. The molecule has 1 aromatic carbocycles. The summed E-state index contributed by atoms with van der Waals surface area (Å²) >= 11 is 0. The van der Waals surface area contributed by atoms with Crippen LogP contribution in [0.5, 0.6) is 5.75 Å². The summed E-state index contributed by atoms with van der Waals surface area (Å²) < 4.78 is 5.46. The largest absolute Gasteiger partial charge is 0.497 e. The van der Waals surface area contributed by atoms with Gasteiger partial charge in [-0.1, -0.05) is 6.07 Å². The highest BCUT2D eigenvalue weighted by Gasteiger charge is 2.64. The zero-order chi connectivity index (χ0) is 17.2. The number of methoxy groups -OCH3 is 1. The van der Waals surface area contributed by atoms with Gasteiger partial charge >= 0.3 is 0 Å². The lowest BCUT2D eigenvalue weighted by atomic mass is 9.49. The second kappa shape index (κ2) is 5.31. The van der Waals surface area contributed by atoms with Gasteiger partial charge in [0.15, 0.2) is 0 Å². The minimum atomic E-state index is -0.784. The second-order valence-electron chi connectivity index (χ2n) is 8.65. The van der Waals surface area contributed by atoms with E-state index in [9.17, 15) is 9.90 Å². The van der Waals surface area contributed by atoms with E-state index >= 15 is 0 Å². The molecule has 0 aromatic heterocycles. The minimum Gasteiger partial charge on any atom is -0.497 e. The van der Waals surface area contributed by atoms with Gasteiger partial charge < -0.3 is 9.84 Å². The number of rotatable bonds is 3. The van der Waals surface area contributed by atoms with Crippen LogP contribution in [-0.2, 0) is 16.6 Å². The molecule has 25 heavy (non-hydrogen) atoms. The van der Waals surface area contributed by atoms with Gasteiger partial charge in [0.05, 0.1) is 12.7 Å². The van der Waals surface area contributed by atoms with Crippen molar-refractivity contribution in [1.29, 1.82) is 0 Å². The number of hydrogen-bond acceptors (Lipinski definition) is 4. The SMILES string of the molecule is COc1ccc2c(c1)[C@]13CCN(CC4CC4)[C@H](C2)[C@]1(O)CCC(=O)C3. The molecule has 1 N–H and O–H groups in total. The van der Waals surface area contributed by atoms with Crippen molar-refractivity contribution in [2.45, 2.75) is 62.0 Å². The Labute approximate surface area is 149 Å². The smallest absolute Gasteiger partial charge is 0.134 e. The maximum Gasteiger partial charge on any atom is 0.134 e. The molecule has 4 heteroatoms. The van der Waals surface area contributed by atoms with Gasteiger partial charge in [-0.25, -0.2) is 0 Å². The van der Waals surface area contributed by atoms with E-state index in [-0.39, 0.29) is 6.04 Å². The topological polar surface area (TPSA) is 49.8 Å². The van der Waals surface area contributed by atoms with Gasteiger partial charge in [-0.3, -0.25) is 9.69 Å². The number of ether oxygens (including phenoxy) is 1. The number of carbonyl (C=O) groups is 1. The molecule has 1 aromatic rings. The minimum absolute atomic E-state index is 0.149. The normalized spacial score (nSPS) is 37.4. The highest BCUT2D eigenvalue weighted by Crippen LogP contribution is 2.58. The average molecular weight is 341 g/mol. The molecule has 1 heterocycles. The zero-order valence-electron chi connectivity index (χ0n) is 15.0. The lowest BCUT2D eigenvalue weighted by Gasteiger charge is -2.63. The summed E-state index contributed by atoms with van der Waals surface area (Å²) in [6, 6.07) is 6.41. The Hall–Kier alpha value is -1.39. The summed E-state index contributed by atoms with van der Waals surface area (Å²) in [6.45, 7) is 2.11. The Kier molecular flexibility index (Phi) is 3.36. The van der Waals surface area contributed by atoms with Crippen molar-refractivity contribution in [3.05, 3.63) is 29.3 Å². The molecule has 3 atom stereocenters. The van der Waals surface area contributed by atoms with E-state index in [0.717, 1.165) is 37.6 Å². The fraction of sp³-hybridized carbons (Fsp3) is 0.667. The van der Waals surface area contributed by atoms with Crippen LogP contribution in [0.4, 0.5) is 0 Å². The van der Waals surface area contributed by atoms with Crippen molar-refractivity contribution in [2.24, 2.45) is 5.92 Å². The Morgan fingerprint density at radius 1 is 1.32 bits per heavy atom. The van der Waals surface area contributed by atoms with Crippen molar-refractivity contribution in [1.82, 2.24) is 4.90 Å². The van der Waals surface area contributed by atoms with Crippen LogP contribution in [0.2, 0.25) is 0 Å². The lowest BCUT2D eigenvalue weighted by molar-refractivity contribution is -0.173. The van der Waals surface area contributed by atoms with Crippen molar-refractivity contribution in [3.63, 3.8) is 0 Å². The fourth-order valence-electron chi connectivity index (χ4n) is 5.86. The number of carbonyl (C=O) groups excluding carboxylic acids is 1. The molecular weight excluding hydrogens is 314 g/mol. The standard InChI is InChI=1S/C21H27NO3/c1-25-17-5-4-15-10-19-21(24)7-6-16(23)12-20(21,18(15)11-17)8-9-22(19)13-14-2-3-14/h4-5,11,14,19,24H,2-3,6-10,12-13H2,1H3/t19-,20-,21-/m1/s1. The van der Waals surface area contributed by atoms with Crippen LogP contribution in [0, 0.1) is 5.92 Å². The van der Waals surface area contributed by atoms with Gasteiger partial charge in [-0.15, -0.1) is 0 Å². The molecule has 3 fully saturated rings. The van der Waals surface area contributed by atoms with Gasteiger partial charge in [0, 0.05) is 30.8 Å². The molecule has 2 saturated carbocycles. The summed E-state index contributed by atoms with van der Waals surface area (Å²) in [5.74, 6) is 1.95. The summed E-state index contributed by atoms with van der Waals surface area (Å²) in [4.78, 5) is 15.0. The van der Waals surface area contributed by atoms with Crippen LogP contribution in [0.15, 0.2) is 18.2 Å². The quantitative estimate of drug-likeness (QED) is 0.917. The van der Waals surface area contributed by atoms with Crippen LogP contribution >= 0.6 is 0 Å². The fourth-order valence-corrected chi connectivity index (χ4v) is 5.86. The predicted octanol–water partition coefficient (Wildman–Crippen LogP) is 2.46. The van der Waals surface area contributed by atoms with Crippen LogP contribution in [0.1, 0.15) is 49.7 Å². The monoisotopic (exact) mass is 341 g/mol. The highest BCUT2D eigenvalue weighted by atomic mass is 16.5. The van der Waals surface area contributed by atoms with Crippen molar-refractivity contribution in [3.8, 4) is 5.75 Å². The Morgan fingerprint density at radius 3 is 2.92 bits per heavy atom. The summed E-state index contributed by atoms with van der Waals surface area (Å²) in [5, 5.41) is 12.0. The van der Waals surface area contributed by atoms with Crippen LogP contribution in [0.25, 0.3) is 0 Å². The number of piperidine rings is 1. The van der Waals surface area contributed by atoms with E-state index in [1.165, 1.54) is 24.0 Å². The van der Waals surface area contributed by atoms with Gasteiger partial charge in [0.1, 0.15) is 11.5 Å². The van der Waals surface area contributed by atoms with Crippen LogP contribution in [0.3, 0.4) is 0 Å². The maximum absolute atomic E-state index is 12.4. The van der Waals surface area contributed by atoms with Crippen molar-refractivity contribution < 1.29 is 14.6 Å². The third kappa shape index (κ3) is 2.16. The van der Waals surface area contributed by atoms with Gasteiger partial charge in [-0.2, -0.15) is 0 Å². The molecule has 0 radical (unpaired) electrons. The molecule has 1 aliphatic heterocycles. The Balaban J connectivity index is 1.64. The molecule has 0 spiro atoms. The number of nitrogens with zero attached hydrogens (tertiary/aromatic N) is 1. The number of likely N-dealkylation sites (tertiary alicyclic amines) is 1. The van der Waals surface area contributed by atoms with E-state index in [1.54, 1.807) is 7.11 Å². The third-order valence-corrected chi connectivity index (χ3v) is 7.37. The molecule has 3 aliphatic carbocycles. The zero-order valence-corrected chi connectivity index (χ0v) is 15.0. The number of ketones is 1. The lowest BCUT2D eigenvalue weighted by Crippen LogP contribution is -2.73. The van der Waals surface area contributed by atoms with E-state index in [0.29, 0.717) is 25.0 Å². The van der Waals surface area contributed by atoms with E-state index < -0.39 is 11.0 Å².